The molecule has 0 aromatic rings. The second-order valence-electron chi connectivity index (χ2n) is 6.88. The molecule has 0 aromatic heterocycles. The fourth-order valence-electron chi connectivity index (χ4n) is 3.41. The van der Waals surface area contributed by atoms with E-state index in [1.807, 2.05) is 0 Å². The van der Waals surface area contributed by atoms with Crippen molar-refractivity contribution >= 4 is 0 Å². The third kappa shape index (κ3) is 7.97. The zero-order valence-electron chi connectivity index (χ0n) is 13.7. The second-order valence-corrected chi connectivity index (χ2v) is 6.88. The van der Waals surface area contributed by atoms with Gasteiger partial charge in [0.25, 0.3) is 0 Å². The topological polar surface area (TPSA) is 12.0 Å². The molecule has 0 amide bonds. The first kappa shape index (κ1) is 17.0. The predicted molar refractivity (Wildman–Crippen MR) is 86.6 cm³/mol. The van der Waals surface area contributed by atoms with Gasteiger partial charge < -0.3 is 5.32 Å². The van der Waals surface area contributed by atoms with Crippen LogP contribution in [0.2, 0.25) is 0 Å². The molecule has 0 aromatic carbocycles. The molecule has 0 bridgehead atoms. The molecule has 1 nitrogen and oxygen atoms in total. The lowest BCUT2D eigenvalue weighted by Gasteiger charge is -2.28. The molecule has 1 rings (SSSR count). The van der Waals surface area contributed by atoms with Gasteiger partial charge in [0.2, 0.25) is 0 Å². The highest BCUT2D eigenvalue weighted by atomic mass is 15.0. The first-order chi connectivity index (χ1) is 9.24. The van der Waals surface area contributed by atoms with E-state index in [0.29, 0.717) is 0 Å². The molecular formula is C18H37N. The van der Waals surface area contributed by atoms with E-state index < -0.39 is 0 Å². The zero-order chi connectivity index (χ0) is 13.9. The van der Waals surface area contributed by atoms with Crippen LogP contribution in [0.4, 0.5) is 0 Å². The Bertz CT molecular complexity index is 188. The Kier molecular flexibility index (Phi) is 9.59. The summed E-state index contributed by atoms with van der Waals surface area (Å²) in [5, 5.41) is 3.96. The average molecular weight is 268 g/mol. The molecule has 1 heteroatoms. The fourth-order valence-corrected chi connectivity index (χ4v) is 3.41. The SMILES string of the molecule is CCC(NC1CCCCCCCCCCC1)C(C)C. The van der Waals surface area contributed by atoms with Crippen molar-refractivity contribution in [2.75, 3.05) is 0 Å². The van der Waals surface area contributed by atoms with Gasteiger partial charge in [-0.2, -0.15) is 0 Å². The van der Waals surface area contributed by atoms with Gasteiger partial charge in [0.05, 0.1) is 0 Å². The van der Waals surface area contributed by atoms with Crippen LogP contribution in [0.1, 0.15) is 97.8 Å². The Balaban J connectivity index is 2.37. The van der Waals surface area contributed by atoms with Gasteiger partial charge in [-0.3, -0.25) is 0 Å². The maximum Gasteiger partial charge on any atom is 0.00900 e. The molecule has 0 heterocycles. The Morgan fingerprint density at radius 3 is 1.58 bits per heavy atom. The van der Waals surface area contributed by atoms with Gasteiger partial charge in [-0.25, -0.2) is 0 Å². The Morgan fingerprint density at radius 1 is 0.789 bits per heavy atom. The van der Waals surface area contributed by atoms with Crippen molar-refractivity contribution in [1.29, 1.82) is 0 Å². The predicted octanol–water partition coefficient (Wildman–Crippen LogP) is 5.68. The van der Waals surface area contributed by atoms with Crippen LogP contribution in [0.25, 0.3) is 0 Å². The van der Waals surface area contributed by atoms with Crippen LogP contribution in [0.15, 0.2) is 0 Å². The van der Waals surface area contributed by atoms with Crippen LogP contribution < -0.4 is 5.32 Å². The van der Waals surface area contributed by atoms with E-state index in [2.05, 4.69) is 26.1 Å². The number of nitrogens with one attached hydrogen (secondary N) is 1. The average Bonchev–Trinajstić information content (AvgIpc) is 2.37. The molecule has 1 fully saturated rings. The number of hydrogen-bond donors (Lipinski definition) is 1. The van der Waals surface area contributed by atoms with E-state index in [1.165, 1.54) is 77.0 Å². The highest BCUT2D eigenvalue weighted by Gasteiger charge is 2.16. The van der Waals surface area contributed by atoms with E-state index in [0.717, 1.165) is 18.0 Å². The summed E-state index contributed by atoms with van der Waals surface area (Å²) in [6.45, 7) is 7.04. The Morgan fingerprint density at radius 2 is 1.21 bits per heavy atom. The summed E-state index contributed by atoms with van der Waals surface area (Å²) in [5.41, 5.74) is 0. The van der Waals surface area contributed by atoms with Gasteiger partial charge in [0.15, 0.2) is 0 Å². The molecule has 1 aliphatic rings. The van der Waals surface area contributed by atoms with Crippen LogP contribution in [0.3, 0.4) is 0 Å². The molecule has 0 aliphatic heterocycles. The van der Waals surface area contributed by atoms with E-state index in [9.17, 15) is 0 Å². The summed E-state index contributed by atoms with van der Waals surface area (Å²) in [6, 6.07) is 1.50. The molecule has 0 saturated heterocycles. The maximum absolute atomic E-state index is 3.96. The highest BCUT2D eigenvalue weighted by molar-refractivity contribution is 4.76. The van der Waals surface area contributed by atoms with Crippen LogP contribution >= 0.6 is 0 Å². The van der Waals surface area contributed by atoms with Crippen LogP contribution in [0, 0.1) is 5.92 Å². The van der Waals surface area contributed by atoms with Crippen molar-refractivity contribution in [3.8, 4) is 0 Å². The van der Waals surface area contributed by atoms with Crippen molar-refractivity contribution in [3.63, 3.8) is 0 Å². The van der Waals surface area contributed by atoms with E-state index in [1.54, 1.807) is 0 Å². The van der Waals surface area contributed by atoms with E-state index in [-0.39, 0.29) is 0 Å². The monoisotopic (exact) mass is 267 g/mol. The molecular weight excluding hydrogens is 230 g/mol. The highest BCUT2D eigenvalue weighted by Crippen LogP contribution is 2.18. The Labute approximate surface area is 121 Å². The van der Waals surface area contributed by atoms with Crippen molar-refractivity contribution in [1.82, 2.24) is 5.32 Å². The standard InChI is InChI=1S/C18H37N/c1-4-18(16(2)3)19-17-14-12-10-8-6-5-7-9-11-13-15-17/h16-19H,4-15H2,1-3H3. The summed E-state index contributed by atoms with van der Waals surface area (Å²) >= 11 is 0. The van der Waals surface area contributed by atoms with E-state index in [4.69, 9.17) is 0 Å². The molecule has 114 valence electrons. The maximum atomic E-state index is 3.96. The van der Waals surface area contributed by atoms with E-state index >= 15 is 0 Å². The normalized spacial score (nSPS) is 22.7. The van der Waals surface area contributed by atoms with Gasteiger partial charge in [0, 0.05) is 12.1 Å². The van der Waals surface area contributed by atoms with Crippen LogP contribution in [-0.4, -0.2) is 12.1 Å². The molecule has 1 saturated carbocycles. The molecule has 1 N–H and O–H groups in total. The summed E-state index contributed by atoms with van der Waals surface area (Å²) in [5.74, 6) is 0.770. The second kappa shape index (κ2) is 10.7. The molecule has 0 radical (unpaired) electrons. The minimum Gasteiger partial charge on any atom is -0.311 e. The summed E-state index contributed by atoms with van der Waals surface area (Å²) in [4.78, 5) is 0. The van der Waals surface area contributed by atoms with Crippen LogP contribution in [0.5, 0.6) is 0 Å². The zero-order valence-corrected chi connectivity index (χ0v) is 13.7. The number of rotatable bonds is 4. The van der Waals surface area contributed by atoms with Crippen molar-refractivity contribution in [2.45, 2.75) is 110 Å². The van der Waals surface area contributed by atoms with Gasteiger partial charge >= 0.3 is 0 Å². The summed E-state index contributed by atoms with van der Waals surface area (Å²) < 4.78 is 0. The first-order valence-corrected chi connectivity index (χ1v) is 9.00. The van der Waals surface area contributed by atoms with Crippen molar-refractivity contribution < 1.29 is 0 Å². The van der Waals surface area contributed by atoms with Gasteiger partial charge in [-0.1, -0.05) is 78.6 Å². The van der Waals surface area contributed by atoms with Crippen molar-refractivity contribution in [3.05, 3.63) is 0 Å². The molecule has 0 spiro atoms. The third-order valence-electron chi connectivity index (χ3n) is 4.80. The fraction of sp³-hybridized carbons (Fsp3) is 1.00. The lowest BCUT2D eigenvalue weighted by atomic mass is 9.95. The van der Waals surface area contributed by atoms with Crippen LogP contribution in [-0.2, 0) is 0 Å². The quantitative estimate of drug-likeness (QED) is 0.690. The largest absolute Gasteiger partial charge is 0.311 e. The number of hydrogen-bond acceptors (Lipinski definition) is 1. The molecule has 1 unspecified atom stereocenters. The van der Waals surface area contributed by atoms with Gasteiger partial charge in [-0.05, 0) is 25.2 Å². The lowest BCUT2D eigenvalue weighted by molar-refractivity contribution is 0.309. The summed E-state index contributed by atoms with van der Waals surface area (Å²) in [7, 11) is 0. The minimum absolute atomic E-state index is 0.720. The van der Waals surface area contributed by atoms with Crippen molar-refractivity contribution in [2.24, 2.45) is 5.92 Å². The third-order valence-corrected chi connectivity index (χ3v) is 4.80. The molecule has 1 atom stereocenters. The lowest BCUT2D eigenvalue weighted by Crippen LogP contribution is -2.41. The Hall–Kier alpha value is -0.0400. The van der Waals surface area contributed by atoms with Gasteiger partial charge in [-0.15, -0.1) is 0 Å². The summed E-state index contributed by atoms with van der Waals surface area (Å²) in [6.07, 6.45) is 17.2. The smallest absolute Gasteiger partial charge is 0.00900 e. The first-order valence-electron chi connectivity index (χ1n) is 9.00. The minimum atomic E-state index is 0.720. The van der Waals surface area contributed by atoms with Gasteiger partial charge in [0.1, 0.15) is 0 Å². The molecule has 1 aliphatic carbocycles. The molecule has 19 heavy (non-hydrogen) atoms.